The highest BCUT2D eigenvalue weighted by Crippen LogP contribution is 2.31. The maximum Gasteiger partial charge on any atom is 0.233 e. The van der Waals surface area contributed by atoms with Gasteiger partial charge in [0, 0.05) is 23.7 Å². The molecule has 1 aliphatic rings. The largest absolute Gasteiger partial charge is 0.384 e. The van der Waals surface area contributed by atoms with Gasteiger partial charge in [0.2, 0.25) is 5.91 Å². The van der Waals surface area contributed by atoms with Crippen molar-refractivity contribution >= 4 is 22.9 Å². The maximum atomic E-state index is 12.8. The minimum Gasteiger partial charge on any atom is -0.384 e. The van der Waals surface area contributed by atoms with Gasteiger partial charge in [-0.05, 0) is 45.0 Å². The number of benzene rings is 1. The van der Waals surface area contributed by atoms with E-state index in [1.54, 1.807) is 18.4 Å². The third-order valence-corrected chi connectivity index (χ3v) is 5.29. The number of ether oxygens (including phenoxy) is 1. The molecule has 0 aliphatic carbocycles. The predicted octanol–water partition coefficient (Wildman–Crippen LogP) is 3.07. The number of nitrogens with zero attached hydrogens (tertiary/aromatic N) is 1. The van der Waals surface area contributed by atoms with Crippen LogP contribution in [0, 0.1) is 12.3 Å². The zero-order chi connectivity index (χ0) is 17.0. The van der Waals surface area contributed by atoms with Crippen LogP contribution in [-0.2, 0) is 9.53 Å². The molecule has 1 aromatic carbocycles. The lowest BCUT2D eigenvalue weighted by Crippen LogP contribution is -2.47. The number of piperidine rings is 1. The number of hydrogen-bond donors (Lipinski definition) is 2. The zero-order valence-electron chi connectivity index (χ0n) is 14.1. The van der Waals surface area contributed by atoms with E-state index in [9.17, 15) is 4.79 Å². The molecule has 1 aromatic heterocycles. The van der Waals surface area contributed by atoms with Crippen LogP contribution in [0.5, 0.6) is 0 Å². The van der Waals surface area contributed by atoms with Gasteiger partial charge < -0.3 is 15.4 Å². The molecule has 0 atom stereocenters. The van der Waals surface area contributed by atoms with Crippen molar-refractivity contribution in [1.29, 1.82) is 0 Å². The molecule has 2 N–H and O–H groups in total. The number of thiazole rings is 1. The first-order valence-corrected chi connectivity index (χ1v) is 9.05. The molecule has 0 spiro atoms. The van der Waals surface area contributed by atoms with Crippen molar-refractivity contribution in [2.45, 2.75) is 19.8 Å². The number of carbonyl (C=O) groups is 1. The van der Waals surface area contributed by atoms with Crippen LogP contribution in [0.25, 0.3) is 11.3 Å². The third-order valence-electron chi connectivity index (χ3n) is 4.52. The average Bonchev–Trinajstić information content (AvgIpc) is 3.03. The molecule has 3 rings (SSSR count). The summed E-state index contributed by atoms with van der Waals surface area (Å²) in [7, 11) is 1.65. The highest BCUT2D eigenvalue weighted by molar-refractivity contribution is 7.09. The number of aromatic nitrogens is 1. The summed E-state index contributed by atoms with van der Waals surface area (Å²) in [4.78, 5) is 17.3. The summed E-state index contributed by atoms with van der Waals surface area (Å²) in [5, 5.41) is 9.46. The molecular weight excluding hydrogens is 322 g/mol. The maximum absolute atomic E-state index is 12.8. The summed E-state index contributed by atoms with van der Waals surface area (Å²) in [5.41, 5.74) is 2.41. The standard InChI is InChI=1S/C18H23N3O2S/c1-13-20-16(11-24-13)14-3-5-15(6-4-14)21-17(22)18(12-23-2)7-9-19-10-8-18/h3-6,11,19H,7-10,12H2,1-2H3,(H,21,22). The Morgan fingerprint density at radius 2 is 2.04 bits per heavy atom. The van der Waals surface area contributed by atoms with Gasteiger partial charge in [0.1, 0.15) is 0 Å². The van der Waals surface area contributed by atoms with Gasteiger partial charge in [-0.1, -0.05) is 12.1 Å². The first kappa shape index (κ1) is 17.1. The number of aryl methyl sites for hydroxylation is 1. The van der Waals surface area contributed by atoms with Gasteiger partial charge >= 0.3 is 0 Å². The van der Waals surface area contributed by atoms with E-state index in [1.807, 2.05) is 36.6 Å². The number of methoxy groups -OCH3 is 1. The molecule has 1 fully saturated rings. The summed E-state index contributed by atoms with van der Waals surface area (Å²) >= 11 is 1.64. The summed E-state index contributed by atoms with van der Waals surface area (Å²) in [5.74, 6) is 0.0445. The van der Waals surface area contributed by atoms with Gasteiger partial charge in [-0.3, -0.25) is 4.79 Å². The smallest absolute Gasteiger partial charge is 0.233 e. The lowest BCUT2D eigenvalue weighted by atomic mass is 9.78. The summed E-state index contributed by atoms with van der Waals surface area (Å²) in [6, 6.07) is 7.86. The van der Waals surface area contributed by atoms with Crippen molar-refractivity contribution < 1.29 is 9.53 Å². The quantitative estimate of drug-likeness (QED) is 0.874. The fourth-order valence-corrected chi connectivity index (χ4v) is 3.72. The van der Waals surface area contributed by atoms with Crippen molar-refractivity contribution in [3.8, 4) is 11.3 Å². The fourth-order valence-electron chi connectivity index (χ4n) is 3.10. The fraction of sp³-hybridized carbons (Fsp3) is 0.444. The van der Waals surface area contributed by atoms with Crippen molar-refractivity contribution in [2.24, 2.45) is 5.41 Å². The Balaban J connectivity index is 1.71. The van der Waals surface area contributed by atoms with Crippen molar-refractivity contribution in [3.05, 3.63) is 34.7 Å². The predicted molar refractivity (Wildman–Crippen MR) is 97.3 cm³/mol. The molecule has 1 saturated heterocycles. The highest BCUT2D eigenvalue weighted by Gasteiger charge is 2.39. The lowest BCUT2D eigenvalue weighted by Gasteiger charge is -2.35. The van der Waals surface area contributed by atoms with E-state index in [0.29, 0.717) is 6.61 Å². The van der Waals surface area contributed by atoms with Crippen LogP contribution in [0.4, 0.5) is 5.69 Å². The Hall–Kier alpha value is -1.76. The number of carbonyl (C=O) groups excluding carboxylic acids is 1. The molecule has 0 bridgehead atoms. The minimum absolute atomic E-state index is 0.0445. The van der Waals surface area contributed by atoms with E-state index < -0.39 is 5.41 Å². The van der Waals surface area contributed by atoms with E-state index in [1.165, 1.54) is 0 Å². The average molecular weight is 345 g/mol. The van der Waals surface area contributed by atoms with Gasteiger partial charge in [-0.25, -0.2) is 4.98 Å². The van der Waals surface area contributed by atoms with Crippen LogP contribution in [0.3, 0.4) is 0 Å². The molecule has 2 heterocycles. The van der Waals surface area contributed by atoms with Crippen LogP contribution in [-0.4, -0.2) is 37.7 Å². The molecule has 1 aliphatic heterocycles. The first-order valence-electron chi connectivity index (χ1n) is 8.17. The van der Waals surface area contributed by atoms with Gasteiger partial charge in [0.15, 0.2) is 0 Å². The molecule has 0 unspecified atom stereocenters. The second kappa shape index (κ2) is 7.42. The Labute approximate surface area is 146 Å². The van der Waals surface area contributed by atoms with E-state index in [-0.39, 0.29) is 5.91 Å². The van der Waals surface area contributed by atoms with E-state index in [0.717, 1.165) is 47.9 Å². The SMILES string of the molecule is COCC1(C(=O)Nc2ccc(-c3csc(C)n3)cc2)CCNCC1. The van der Waals surface area contributed by atoms with Crippen molar-refractivity contribution in [3.63, 3.8) is 0 Å². The Morgan fingerprint density at radius 3 is 2.62 bits per heavy atom. The molecule has 128 valence electrons. The Bertz CT molecular complexity index is 685. The number of amides is 1. The van der Waals surface area contributed by atoms with Crippen LogP contribution < -0.4 is 10.6 Å². The normalized spacial score (nSPS) is 16.8. The molecule has 6 heteroatoms. The molecule has 0 radical (unpaired) electrons. The summed E-state index contributed by atoms with van der Waals surface area (Å²) < 4.78 is 5.33. The van der Waals surface area contributed by atoms with E-state index in [4.69, 9.17) is 4.74 Å². The second-order valence-corrected chi connectivity index (χ2v) is 7.31. The minimum atomic E-state index is -0.440. The van der Waals surface area contributed by atoms with Crippen LogP contribution in [0.1, 0.15) is 17.8 Å². The molecule has 2 aromatic rings. The third kappa shape index (κ3) is 3.66. The number of hydrogen-bond acceptors (Lipinski definition) is 5. The first-order chi connectivity index (χ1) is 11.6. The monoisotopic (exact) mass is 345 g/mol. The molecular formula is C18H23N3O2S. The van der Waals surface area contributed by atoms with E-state index in [2.05, 4.69) is 15.6 Å². The van der Waals surface area contributed by atoms with Gasteiger partial charge in [-0.15, -0.1) is 11.3 Å². The Kier molecular flexibility index (Phi) is 5.28. The van der Waals surface area contributed by atoms with Gasteiger partial charge in [0.05, 0.1) is 22.7 Å². The lowest BCUT2D eigenvalue weighted by molar-refractivity contribution is -0.130. The highest BCUT2D eigenvalue weighted by atomic mass is 32.1. The zero-order valence-corrected chi connectivity index (χ0v) is 14.9. The van der Waals surface area contributed by atoms with Crippen LogP contribution in [0.15, 0.2) is 29.6 Å². The van der Waals surface area contributed by atoms with Crippen LogP contribution >= 0.6 is 11.3 Å². The van der Waals surface area contributed by atoms with Crippen LogP contribution in [0.2, 0.25) is 0 Å². The number of rotatable bonds is 5. The molecule has 0 saturated carbocycles. The number of nitrogens with one attached hydrogen (secondary N) is 2. The molecule has 5 nitrogen and oxygen atoms in total. The molecule has 1 amide bonds. The van der Waals surface area contributed by atoms with Crippen molar-refractivity contribution in [1.82, 2.24) is 10.3 Å². The van der Waals surface area contributed by atoms with Gasteiger partial charge in [-0.2, -0.15) is 0 Å². The topological polar surface area (TPSA) is 63.2 Å². The molecule has 24 heavy (non-hydrogen) atoms. The Morgan fingerprint density at radius 1 is 1.33 bits per heavy atom. The number of anilines is 1. The van der Waals surface area contributed by atoms with E-state index >= 15 is 0 Å². The summed E-state index contributed by atoms with van der Waals surface area (Å²) in [6.07, 6.45) is 1.59. The van der Waals surface area contributed by atoms with Gasteiger partial charge in [0.25, 0.3) is 0 Å². The van der Waals surface area contributed by atoms with Crippen molar-refractivity contribution in [2.75, 3.05) is 32.1 Å². The summed E-state index contributed by atoms with van der Waals surface area (Å²) in [6.45, 7) is 4.14. The second-order valence-electron chi connectivity index (χ2n) is 6.25.